The van der Waals surface area contributed by atoms with E-state index in [9.17, 15) is 53.7 Å². The van der Waals surface area contributed by atoms with Gasteiger partial charge in [0.05, 0.1) is 27.1 Å². The Morgan fingerprint density at radius 1 is 1.03 bits per heavy atom. The molecule has 2 rings (SSSR count). The lowest BCUT2D eigenvalue weighted by Gasteiger charge is -2.37. The zero-order valence-electron chi connectivity index (χ0n) is 16.3. The Labute approximate surface area is 195 Å². The van der Waals surface area contributed by atoms with Crippen molar-refractivity contribution in [3.8, 4) is 0 Å². The number of imide groups is 1. The first-order chi connectivity index (χ1) is 14.7. The first-order valence-corrected chi connectivity index (χ1v) is 11.1. The van der Waals surface area contributed by atoms with Gasteiger partial charge in [-0.05, 0) is 54.6 Å². The highest BCUT2D eigenvalue weighted by molar-refractivity contribution is 14.1. The molecule has 1 aliphatic heterocycles. The van der Waals surface area contributed by atoms with E-state index in [1.807, 2.05) is 0 Å². The third-order valence-electron chi connectivity index (χ3n) is 4.60. The van der Waals surface area contributed by atoms with Gasteiger partial charge in [0.25, 0.3) is 11.8 Å². The normalized spacial score (nSPS) is 16.0. The number of esters is 1. The number of ether oxygens (including phenoxy) is 1. The molecular weight excluding hydrogens is 603 g/mol. The van der Waals surface area contributed by atoms with E-state index < -0.39 is 57.2 Å². The molecule has 182 valence electrons. The second-order valence-corrected chi connectivity index (χ2v) is 9.34. The molecule has 0 aromatic heterocycles. The lowest BCUT2D eigenvalue weighted by atomic mass is 10.1. The molecular formula is C17H11F6INO7S-. The van der Waals surface area contributed by atoms with Crippen molar-refractivity contribution >= 4 is 56.2 Å². The van der Waals surface area contributed by atoms with Crippen molar-refractivity contribution in [3.05, 3.63) is 38.5 Å². The molecule has 0 fully saturated rings. The summed E-state index contributed by atoms with van der Waals surface area (Å²) in [6.45, 7) is 2.73. The van der Waals surface area contributed by atoms with Crippen LogP contribution in [0.4, 0.5) is 32.0 Å². The van der Waals surface area contributed by atoms with Gasteiger partial charge < -0.3 is 9.29 Å². The number of halogens is 7. The van der Waals surface area contributed by atoms with Gasteiger partial charge in [0.15, 0.2) is 0 Å². The quantitative estimate of drug-likeness (QED) is 0.164. The molecule has 8 nitrogen and oxygen atoms in total. The van der Waals surface area contributed by atoms with Gasteiger partial charge in [0.1, 0.15) is 0 Å². The molecule has 1 aliphatic rings. The van der Waals surface area contributed by atoms with Gasteiger partial charge in [0, 0.05) is 14.7 Å². The predicted molar refractivity (Wildman–Crippen MR) is 105 cm³/mol. The summed E-state index contributed by atoms with van der Waals surface area (Å²) in [5, 5.41) is 0. The number of carbonyl (C=O) groups is 3. The number of hydrogen-bond acceptors (Lipinski definition) is 7. The second-order valence-electron chi connectivity index (χ2n) is 6.77. The number of nitrogens with zero attached hydrogens (tertiary/aromatic N) is 1. The lowest BCUT2D eigenvalue weighted by Crippen LogP contribution is -2.63. The summed E-state index contributed by atoms with van der Waals surface area (Å²) in [5.41, 5.74) is -6.42. The minimum Gasteiger partial charge on any atom is -0.748 e. The van der Waals surface area contributed by atoms with Crippen LogP contribution in [0.5, 0.6) is 0 Å². The average molecular weight is 614 g/mol. The maximum absolute atomic E-state index is 13.3. The van der Waals surface area contributed by atoms with Gasteiger partial charge in [0.2, 0.25) is 0 Å². The smallest absolute Gasteiger partial charge is 0.438 e. The summed E-state index contributed by atoms with van der Waals surface area (Å²) in [4.78, 5) is 37.4. The molecule has 0 unspecified atom stereocenters. The molecule has 2 amide bonds. The van der Waals surface area contributed by atoms with E-state index in [-0.39, 0.29) is 20.4 Å². The Morgan fingerprint density at radius 3 is 1.85 bits per heavy atom. The summed E-state index contributed by atoms with van der Waals surface area (Å²) in [7, 11) is -6.18. The molecule has 16 heteroatoms. The highest BCUT2D eigenvalue weighted by Gasteiger charge is 2.75. The van der Waals surface area contributed by atoms with Crippen molar-refractivity contribution in [1.29, 1.82) is 0 Å². The van der Waals surface area contributed by atoms with Crippen LogP contribution in [-0.2, 0) is 24.4 Å². The van der Waals surface area contributed by atoms with Gasteiger partial charge in [-0.15, -0.1) is 0 Å². The number of hydrogen-bond donors (Lipinski definition) is 0. The molecule has 0 saturated carbocycles. The van der Waals surface area contributed by atoms with Crippen molar-refractivity contribution in [2.75, 3.05) is 10.7 Å². The van der Waals surface area contributed by atoms with Crippen LogP contribution in [-0.4, -0.2) is 54.5 Å². The molecule has 0 spiro atoms. The highest BCUT2D eigenvalue weighted by Crippen LogP contribution is 2.47. The number of rotatable bonds is 5. The highest BCUT2D eigenvalue weighted by atomic mass is 127. The second kappa shape index (κ2) is 8.53. The fraction of sp³-hybridized carbons (Fsp3) is 0.353. The van der Waals surface area contributed by atoms with E-state index in [2.05, 4.69) is 4.74 Å². The number of benzene rings is 1. The van der Waals surface area contributed by atoms with Crippen LogP contribution in [0.25, 0.3) is 0 Å². The molecule has 0 bridgehead atoms. The van der Waals surface area contributed by atoms with E-state index in [4.69, 9.17) is 0 Å². The summed E-state index contributed by atoms with van der Waals surface area (Å²) < 4.78 is 116. The Hall–Kier alpha value is -2.21. The number of amides is 2. The van der Waals surface area contributed by atoms with Gasteiger partial charge >= 0.3 is 23.9 Å². The van der Waals surface area contributed by atoms with Gasteiger partial charge in [-0.2, -0.15) is 26.3 Å². The van der Waals surface area contributed by atoms with E-state index in [1.54, 1.807) is 0 Å². The topological polar surface area (TPSA) is 121 Å². The Morgan fingerprint density at radius 2 is 1.48 bits per heavy atom. The summed E-state index contributed by atoms with van der Waals surface area (Å²) in [5.74, 6) is -6.82. The maximum atomic E-state index is 13.3. The molecule has 1 aromatic carbocycles. The molecule has 0 atom stereocenters. The van der Waals surface area contributed by atoms with E-state index >= 15 is 0 Å². The van der Waals surface area contributed by atoms with Crippen molar-refractivity contribution in [1.82, 2.24) is 0 Å². The van der Waals surface area contributed by atoms with E-state index in [1.165, 1.54) is 36.4 Å². The van der Waals surface area contributed by atoms with E-state index in [0.717, 1.165) is 12.1 Å². The molecule has 1 heterocycles. The van der Waals surface area contributed by atoms with Crippen LogP contribution in [0.3, 0.4) is 0 Å². The van der Waals surface area contributed by atoms with Crippen LogP contribution in [0, 0.1) is 3.57 Å². The van der Waals surface area contributed by atoms with Crippen molar-refractivity contribution in [2.24, 2.45) is 0 Å². The third kappa shape index (κ3) is 5.01. The fourth-order valence-corrected chi connectivity index (χ4v) is 4.33. The number of carbonyl (C=O) groups excluding carboxylic acids is 3. The molecule has 0 N–H and O–H groups in total. The Kier molecular flexibility index (Phi) is 6.99. The first kappa shape index (κ1) is 27.0. The van der Waals surface area contributed by atoms with Gasteiger partial charge in [-0.3, -0.25) is 9.59 Å². The molecule has 33 heavy (non-hydrogen) atoms. The third-order valence-corrected chi connectivity index (χ3v) is 6.26. The Balaban J connectivity index is 2.50. The van der Waals surface area contributed by atoms with Crippen LogP contribution in [0.1, 0.15) is 24.2 Å². The number of alkyl halides is 6. The minimum atomic E-state index is -6.52. The Bertz CT molecular complexity index is 1140. The van der Waals surface area contributed by atoms with Crippen molar-refractivity contribution in [3.63, 3.8) is 0 Å². The van der Waals surface area contributed by atoms with Crippen LogP contribution >= 0.6 is 22.6 Å². The fourth-order valence-electron chi connectivity index (χ4n) is 2.72. The molecule has 0 saturated heterocycles. The molecule has 0 aliphatic carbocycles. The standard InChI is InChI=1S/C17H12F6INO7S/c1-7-8(2)13(27)25(12(7)26)9-3-4-10(11(24)5-9)14(28)32-15(16(18,19)20,17(21,22)23)6-33(29,30)31/h3-5H,6H2,1-2H3,(H,29,30,31)/p-1. The zero-order chi connectivity index (χ0) is 25.7. The summed E-state index contributed by atoms with van der Waals surface area (Å²) in [6, 6.07) is 2.53. The average Bonchev–Trinajstić information content (AvgIpc) is 2.81. The van der Waals surface area contributed by atoms with Crippen LogP contribution in [0.2, 0.25) is 0 Å². The lowest BCUT2D eigenvalue weighted by molar-refractivity contribution is -0.356. The summed E-state index contributed by atoms with van der Waals surface area (Å²) >= 11 is 1.33. The van der Waals surface area contributed by atoms with Crippen molar-refractivity contribution in [2.45, 2.75) is 31.8 Å². The van der Waals surface area contributed by atoms with Crippen LogP contribution < -0.4 is 4.90 Å². The SMILES string of the molecule is CC1=C(C)C(=O)N(c2ccc(C(=O)OC(CS(=O)(=O)[O-])(C(F)(F)F)C(F)(F)F)c(I)c2)C1=O. The van der Waals surface area contributed by atoms with Crippen LogP contribution in [0.15, 0.2) is 29.3 Å². The maximum Gasteiger partial charge on any atom is 0.438 e. The minimum absolute atomic E-state index is 0.109. The van der Waals surface area contributed by atoms with E-state index in [0.29, 0.717) is 11.0 Å². The predicted octanol–water partition coefficient (Wildman–Crippen LogP) is 3.07. The van der Waals surface area contributed by atoms with Gasteiger partial charge in [-0.25, -0.2) is 18.1 Å². The first-order valence-electron chi connectivity index (χ1n) is 8.39. The monoisotopic (exact) mass is 614 g/mol. The van der Waals surface area contributed by atoms with Crippen molar-refractivity contribution < 1.29 is 58.4 Å². The van der Waals surface area contributed by atoms with Gasteiger partial charge in [-0.1, -0.05) is 0 Å². The molecule has 1 aromatic rings. The largest absolute Gasteiger partial charge is 0.748 e. The summed E-state index contributed by atoms with van der Waals surface area (Å²) in [6.07, 6.45) is -13.0. The molecule has 0 radical (unpaired) electrons. The number of anilines is 1. The zero-order valence-corrected chi connectivity index (χ0v) is 19.3.